The smallest absolute Gasteiger partial charge is 0.329 e. The monoisotopic (exact) mass is 258 g/mol. The van der Waals surface area contributed by atoms with Crippen LogP contribution in [-0.4, -0.2) is 60.8 Å². The van der Waals surface area contributed by atoms with Gasteiger partial charge < -0.3 is 26.0 Å². The lowest BCUT2D eigenvalue weighted by Gasteiger charge is -2.14. The highest BCUT2D eigenvalue weighted by Gasteiger charge is 2.51. The minimum absolute atomic E-state index is 0.237. The van der Waals surface area contributed by atoms with E-state index in [0.717, 1.165) is 0 Å². The highest BCUT2D eigenvalue weighted by Crippen LogP contribution is 2.35. The van der Waals surface area contributed by atoms with Crippen molar-refractivity contribution in [2.75, 3.05) is 27.2 Å². The molecular weight excluding hydrogens is 240 g/mol. The average Bonchev–Trinajstić information content (AvgIpc) is 3.04. The maximum atomic E-state index is 11.4. The summed E-state index contributed by atoms with van der Waals surface area (Å²) >= 11 is 0. The number of amides is 4. The molecule has 1 aliphatic carbocycles. The van der Waals surface area contributed by atoms with Crippen molar-refractivity contribution in [3.63, 3.8) is 0 Å². The average molecular weight is 258 g/mol. The van der Waals surface area contributed by atoms with Crippen LogP contribution in [0.15, 0.2) is 0 Å². The zero-order valence-electron chi connectivity index (χ0n) is 10.4. The number of carbonyl (C=O) groups excluding carboxylic acids is 2. The van der Waals surface area contributed by atoms with Crippen molar-refractivity contribution < 1.29 is 19.5 Å². The third kappa shape index (κ3) is 3.79. The first-order valence-corrected chi connectivity index (χ1v) is 5.62. The molecule has 0 bridgehead atoms. The van der Waals surface area contributed by atoms with Crippen LogP contribution in [0.25, 0.3) is 0 Å². The maximum absolute atomic E-state index is 11.4. The van der Waals surface area contributed by atoms with Crippen molar-refractivity contribution in [2.45, 2.75) is 18.4 Å². The van der Waals surface area contributed by atoms with Crippen molar-refractivity contribution in [3.8, 4) is 0 Å². The molecule has 4 amide bonds. The number of rotatable bonds is 5. The second-order valence-corrected chi connectivity index (χ2v) is 4.39. The molecule has 0 aromatic carbocycles. The first-order chi connectivity index (χ1) is 8.37. The Bertz CT molecular complexity index is 352. The number of aliphatic carboxylic acids is 1. The summed E-state index contributed by atoms with van der Waals surface area (Å²) in [4.78, 5) is 34.7. The summed E-state index contributed by atoms with van der Waals surface area (Å²) in [5.41, 5.74) is -1.09. The number of nitrogens with one attached hydrogen (secondary N) is 3. The molecule has 0 heterocycles. The standard InChI is InChI=1S/C10H18N4O4/c1-14(2)9(18)12-6-5-11-8(17)13-10(3-4-10)7(15)16/h3-6H2,1-2H3,(H,12,18)(H,15,16)(H2,11,13,17). The fraction of sp³-hybridized carbons (Fsp3) is 0.700. The third-order valence-corrected chi connectivity index (χ3v) is 2.61. The van der Waals surface area contributed by atoms with Crippen LogP contribution < -0.4 is 16.0 Å². The second kappa shape index (κ2) is 5.56. The van der Waals surface area contributed by atoms with Crippen LogP contribution >= 0.6 is 0 Å². The Morgan fingerprint density at radius 1 is 1.17 bits per heavy atom. The van der Waals surface area contributed by atoms with Crippen LogP contribution in [-0.2, 0) is 4.79 Å². The molecule has 1 aliphatic rings. The molecule has 0 atom stereocenters. The minimum atomic E-state index is -1.09. The van der Waals surface area contributed by atoms with Gasteiger partial charge >= 0.3 is 18.0 Å². The van der Waals surface area contributed by atoms with E-state index in [1.807, 2.05) is 0 Å². The van der Waals surface area contributed by atoms with E-state index >= 15 is 0 Å². The number of carbonyl (C=O) groups is 3. The molecule has 1 rings (SSSR count). The number of carboxylic acid groups (broad SMARTS) is 1. The zero-order valence-corrected chi connectivity index (χ0v) is 10.4. The Morgan fingerprint density at radius 2 is 1.72 bits per heavy atom. The Hall–Kier alpha value is -1.99. The van der Waals surface area contributed by atoms with Crippen molar-refractivity contribution in [1.29, 1.82) is 0 Å². The molecule has 1 fully saturated rings. The van der Waals surface area contributed by atoms with Crippen LogP contribution in [0.1, 0.15) is 12.8 Å². The molecule has 0 spiro atoms. The van der Waals surface area contributed by atoms with Gasteiger partial charge in [-0.3, -0.25) is 0 Å². The van der Waals surface area contributed by atoms with Crippen LogP contribution in [0.2, 0.25) is 0 Å². The van der Waals surface area contributed by atoms with Crippen LogP contribution in [0.3, 0.4) is 0 Å². The quantitative estimate of drug-likeness (QED) is 0.482. The Morgan fingerprint density at radius 3 is 2.17 bits per heavy atom. The second-order valence-electron chi connectivity index (χ2n) is 4.39. The predicted molar refractivity (Wildman–Crippen MR) is 63.2 cm³/mol. The molecule has 102 valence electrons. The highest BCUT2D eigenvalue weighted by molar-refractivity contribution is 5.88. The number of hydrogen-bond donors (Lipinski definition) is 4. The normalized spacial score (nSPS) is 15.4. The molecule has 18 heavy (non-hydrogen) atoms. The van der Waals surface area contributed by atoms with Crippen molar-refractivity contribution in [3.05, 3.63) is 0 Å². The lowest BCUT2D eigenvalue weighted by atomic mass is 10.3. The summed E-state index contributed by atoms with van der Waals surface area (Å²) in [5.74, 6) is -1.02. The lowest BCUT2D eigenvalue weighted by Crippen LogP contribution is -2.49. The summed E-state index contributed by atoms with van der Waals surface area (Å²) in [6, 6.07) is -0.782. The fourth-order valence-electron chi connectivity index (χ4n) is 1.28. The van der Waals surface area contributed by atoms with Gasteiger partial charge in [-0.1, -0.05) is 0 Å². The van der Waals surface area contributed by atoms with Gasteiger partial charge in [0.05, 0.1) is 0 Å². The van der Waals surface area contributed by atoms with E-state index in [1.165, 1.54) is 4.90 Å². The molecule has 4 N–H and O–H groups in total. The van der Waals surface area contributed by atoms with E-state index in [2.05, 4.69) is 16.0 Å². The molecule has 0 aromatic heterocycles. The van der Waals surface area contributed by atoms with Crippen LogP contribution in [0.5, 0.6) is 0 Å². The van der Waals surface area contributed by atoms with Crippen molar-refractivity contribution >= 4 is 18.0 Å². The predicted octanol–water partition coefficient (Wildman–Crippen LogP) is -0.826. The summed E-state index contributed by atoms with van der Waals surface area (Å²) in [6.07, 6.45) is 0.903. The van der Waals surface area contributed by atoms with Gasteiger partial charge in [-0.15, -0.1) is 0 Å². The maximum Gasteiger partial charge on any atom is 0.329 e. The molecule has 0 aliphatic heterocycles. The summed E-state index contributed by atoms with van der Waals surface area (Å²) in [7, 11) is 3.22. The number of urea groups is 2. The van der Waals surface area contributed by atoms with E-state index in [4.69, 9.17) is 5.11 Å². The largest absolute Gasteiger partial charge is 0.480 e. The first kappa shape index (κ1) is 14.1. The third-order valence-electron chi connectivity index (χ3n) is 2.61. The molecule has 0 aromatic rings. The first-order valence-electron chi connectivity index (χ1n) is 5.62. The SMILES string of the molecule is CN(C)C(=O)NCCNC(=O)NC1(C(=O)O)CC1. The fourth-order valence-corrected chi connectivity index (χ4v) is 1.28. The zero-order chi connectivity index (χ0) is 13.8. The van der Waals surface area contributed by atoms with Gasteiger partial charge in [-0.05, 0) is 12.8 Å². The van der Waals surface area contributed by atoms with Gasteiger partial charge in [0.2, 0.25) is 0 Å². The molecule has 0 saturated heterocycles. The summed E-state index contributed by atoms with van der Waals surface area (Å²) in [5, 5.41) is 16.3. The molecular formula is C10H18N4O4. The lowest BCUT2D eigenvalue weighted by molar-refractivity contribution is -0.140. The van der Waals surface area contributed by atoms with E-state index in [9.17, 15) is 14.4 Å². The molecule has 1 saturated carbocycles. The van der Waals surface area contributed by atoms with E-state index in [1.54, 1.807) is 14.1 Å². The molecule has 8 nitrogen and oxygen atoms in total. The van der Waals surface area contributed by atoms with Crippen LogP contribution in [0, 0.1) is 0 Å². The van der Waals surface area contributed by atoms with Gasteiger partial charge in [0.15, 0.2) is 0 Å². The van der Waals surface area contributed by atoms with Gasteiger partial charge in [-0.25, -0.2) is 14.4 Å². The highest BCUT2D eigenvalue weighted by atomic mass is 16.4. The van der Waals surface area contributed by atoms with Crippen molar-refractivity contribution in [1.82, 2.24) is 20.9 Å². The number of carboxylic acids is 1. The Labute approximate surface area is 105 Å². The molecule has 8 heteroatoms. The molecule has 0 radical (unpaired) electrons. The summed E-state index contributed by atoms with van der Waals surface area (Å²) < 4.78 is 0. The van der Waals surface area contributed by atoms with Gasteiger partial charge in [0.1, 0.15) is 5.54 Å². The number of hydrogen-bond acceptors (Lipinski definition) is 3. The van der Waals surface area contributed by atoms with Gasteiger partial charge in [-0.2, -0.15) is 0 Å². The van der Waals surface area contributed by atoms with E-state index in [0.29, 0.717) is 12.8 Å². The van der Waals surface area contributed by atoms with Gasteiger partial charge in [0, 0.05) is 27.2 Å². The number of nitrogens with zero attached hydrogens (tertiary/aromatic N) is 1. The minimum Gasteiger partial charge on any atom is -0.480 e. The topological polar surface area (TPSA) is 111 Å². The van der Waals surface area contributed by atoms with Gasteiger partial charge in [0.25, 0.3) is 0 Å². The van der Waals surface area contributed by atoms with Crippen molar-refractivity contribution in [2.24, 2.45) is 0 Å². The molecule has 0 unspecified atom stereocenters. The van der Waals surface area contributed by atoms with E-state index in [-0.39, 0.29) is 19.1 Å². The Kier molecular flexibility index (Phi) is 4.35. The summed E-state index contributed by atoms with van der Waals surface area (Å²) in [6.45, 7) is 0.519. The Balaban J connectivity index is 2.15. The van der Waals surface area contributed by atoms with Crippen LogP contribution in [0.4, 0.5) is 9.59 Å². The van der Waals surface area contributed by atoms with E-state index < -0.39 is 17.5 Å².